The third-order valence-electron chi connectivity index (χ3n) is 2.91. The maximum Gasteiger partial charge on any atom is 0.157 e. The second-order valence-corrected chi connectivity index (χ2v) is 4.76. The Labute approximate surface area is 119 Å². The van der Waals surface area contributed by atoms with E-state index in [9.17, 15) is 0 Å². The topological polar surface area (TPSA) is 62.3 Å². The molecule has 2 aromatic rings. The summed E-state index contributed by atoms with van der Waals surface area (Å²) in [6.07, 6.45) is 3.60. The molecule has 0 saturated carbocycles. The van der Waals surface area contributed by atoms with E-state index in [1.54, 1.807) is 6.20 Å². The van der Waals surface area contributed by atoms with Gasteiger partial charge in [0.25, 0.3) is 0 Å². The zero-order valence-corrected chi connectivity index (χ0v) is 12.0. The predicted octanol–water partition coefficient (Wildman–Crippen LogP) is 2.38. The molecule has 0 saturated heterocycles. The number of ether oxygens (including phenoxy) is 2. The molecule has 0 spiro atoms. The lowest BCUT2D eigenvalue weighted by Gasteiger charge is -2.10. The maximum atomic E-state index is 5.67. The lowest BCUT2D eigenvalue weighted by Crippen LogP contribution is -2.10. The van der Waals surface area contributed by atoms with E-state index in [4.69, 9.17) is 15.2 Å². The van der Waals surface area contributed by atoms with E-state index in [0.29, 0.717) is 25.8 Å². The highest BCUT2D eigenvalue weighted by molar-refractivity contribution is 5.32. The van der Waals surface area contributed by atoms with Crippen LogP contribution in [0.25, 0.3) is 0 Å². The van der Waals surface area contributed by atoms with Crippen LogP contribution < -0.4 is 15.2 Å². The number of hydrogen-bond acceptors (Lipinski definition) is 4. The van der Waals surface area contributed by atoms with Gasteiger partial charge >= 0.3 is 0 Å². The van der Waals surface area contributed by atoms with Crippen LogP contribution in [0.15, 0.2) is 36.7 Å². The molecule has 5 heteroatoms. The SMILES string of the molecule is CC(C)n1cc(OCCOc2ccccc2CN)cn1. The Morgan fingerprint density at radius 3 is 2.65 bits per heavy atom. The molecule has 2 rings (SSSR count). The van der Waals surface area contributed by atoms with Gasteiger partial charge in [-0.2, -0.15) is 5.10 Å². The van der Waals surface area contributed by atoms with Gasteiger partial charge in [0.2, 0.25) is 0 Å². The molecule has 5 nitrogen and oxygen atoms in total. The average Bonchev–Trinajstić information content (AvgIpc) is 2.93. The van der Waals surface area contributed by atoms with Crippen molar-refractivity contribution in [1.82, 2.24) is 9.78 Å². The largest absolute Gasteiger partial charge is 0.490 e. The number of hydrogen-bond donors (Lipinski definition) is 1. The summed E-state index contributed by atoms with van der Waals surface area (Å²) in [5.41, 5.74) is 6.65. The number of aromatic nitrogens is 2. The van der Waals surface area contributed by atoms with Crippen LogP contribution in [0.4, 0.5) is 0 Å². The summed E-state index contributed by atoms with van der Waals surface area (Å²) < 4.78 is 13.1. The lowest BCUT2D eigenvalue weighted by atomic mass is 10.2. The van der Waals surface area contributed by atoms with E-state index >= 15 is 0 Å². The minimum Gasteiger partial charge on any atom is -0.490 e. The standard InChI is InChI=1S/C15H21N3O2/c1-12(2)18-11-14(10-17-18)19-7-8-20-15-6-4-3-5-13(15)9-16/h3-6,10-12H,7-9,16H2,1-2H3. The van der Waals surface area contributed by atoms with Crippen LogP contribution >= 0.6 is 0 Å². The molecule has 1 aromatic heterocycles. The van der Waals surface area contributed by atoms with Gasteiger partial charge in [-0.25, -0.2) is 0 Å². The van der Waals surface area contributed by atoms with Gasteiger partial charge in [0.15, 0.2) is 5.75 Å². The van der Waals surface area contributed by atoms with E-state index in [2.05, 4.69) is 18.9 Å². The van der Waals surface area contributed by atoms with Gasteiger partial charge in [-0.05, 0) is 19.9 Å². The fourth-order valence-electron chi connectivity index (χ4n) is 1.80. The summed E-state index contributed by atoms with van der Waals surface area (Å²) in [6.45, 7) is 5.57. The van der Waals surface area contributed by atoms with Crippen LogP contribution in [0, 0.1) is 0 Å². The zero-order valence-electron chi connectivity index (χ0n) is 12.0. The molecule has 0 atom stereocenters. The molecular formula is C15H21N3O2. The molecule has 1 aromatic carbocycles. The third kappa shape index (κ3) is 3.74. The first-order valence-corrected chi connectivity index (χ1v) is 6.78. The van der Waals surface area contributed by atoms with Gasteiger partial charge in [0.1, 0.15) is 19.0 Å². The monoisotopic (exact) mass is 275 g/mol. The molecule has 0 fully saturated rings. The van der Waals surface area contributed by atoms with Crippen LogP contribution in [-0.4, -0.2) is 23.0 Å². The summed E-state index contributed by atoms with van der Waals surface area (Å²) in [4.78, 5) is 0. The number of rotatable bonds is 7. The van der Waals surface area contributed by atoms with Gasteiger partial charge in [-0.3, -0.25) is 4.68 Å². The maximum absolute atomic E-state index is 5.67. The molecule has 0 aliphatic rings. The van der Waals surface area contributed by atoms with Crippen molar-refractivity contribution in [3.05, 3.63) is 42.2 Å². The number of nitrogens with zero attached hydrogens (tertiary/aromatic N) is 2. The van der Waals surface area contributed by atoms with E-state index in [0.717, 1.165) is 17.1 Å². The summed E-state index contributed by atoms with van der Waals surface area (Å²) >= 11 is 0. The highest BCUT2D eigenvalue weighted by Crippen LogP contribution is 2.17. The Balaban J connectivity index is 1.78. The van der Waals surface area contributed by atoms with Crippen molar-refractivity contribution in [3.63, 3.8) is 0 Å². The smallest absolute Gasteiger partial charge is 0.157 e. The Bertz CT molecular complexity index is 537. The van der Waals surface area contributed by atoms with Gasteiger partial charge in [-0.15, -0.1) is 0 Å². The fourth-order valence-corrected chi connectivity index (χ4v) is 1.80. The van der Waals surface area contributed by atoms with Crippen molar-refractivity contribution in [2.45, 2.75) is 26.4 Å². The van der Waals surface area contributed by atoms with Crippen molar-refractivity contribution in [2.24, 2.45) is 5.73 Å². The first-order chi connectivity index (χ1) is 9.70. The quantitative estimate of drug-likeness (QED) is 0.788. The first-order valence-electron chi connectivity index (χ1n) is 6.78. The average molecular weight is 275 g/mol. The van der Waals surface area contributed by atoms with Crippen molar-refractivity contribution in [1.29, 1.82) is 0 Å². The molecule has 20 heavy (non-hydrogen) atoms. The lowest BCUT2D eigenvalue weighted by molar-refractivity contribution is 0.215. The minimum absolute atomic E-state index is 0.333. The van der Waals surface area contributed by atoms with Gasteiger partial charge in [0.05, 0.1) is 12.4 Å². The zero-order chi connectivity index (χ0) is 14.4. The van der Waals surface area contributed by atoms with Gasteiger partial charge in [0, 0.05) is 18.2 Å². The summed E-state index contributed by atoms with van der Waals surface area (Å²) in [7, 11) is 0. The van der Waals surface area contributed by atoms with Crippen LogP contribution in [0.5, 0.6) is 11.5 Å². The van der Waals surface area contributed by atoms with E-state index in [1.165, 1.54) is 0 Å². The molecule has 0 radical (unpaired) electrons. The van der Waals surface area contributed by atoms with Crippen LogP contribution in [0.1, 0.15) is 25.5 Å². The first kappa shape index (κ1) is 14.4. The van der Waals surface area contributed by atoms with Crippen molar-refractivity contribution < 1.29 is 9.47 Å². The number of para-hydroxylation sites is 1. The third-order valence-corrected chi connectivity index (χ3v) is 2.91. The molecule has 0 aliphatic carbocycles. The van der Waals surface area contributed by atoms with E-state index < -0.39 is 0 Å². The summed E-state index contributed by atoms with van der Waals surface area (Å²) in [5.74, 6) is 1.57. The molecule has 0 bridgehead atoms. The molecule has 0 aliphatic heterocycles. The Kier molecular flexibility index (Phi) is 5.01. The molecule has 1 heterocycles. The van der Waals surface area contributed by atoms with Crippen LogP contribution in [0.3, 0.4) is 0 Å². The molecular weight excluding hydrogens is 254 g/mol. The van der Waals surface area contributed by atoms with Gasteiger partial charge < -0.3 is 15.2 Å². The highest BCUT2D eigenvalue weighted by Gasteiger charge is 2.03. The molecule has 0 amide bonds. The number of benzene rings is 1. The predicted molar refractivity (Wildman–Crippen MR) is 77.9 cm³/mol. The Morgan fingerprint density at radius 1 is 1.20 bits per heavy atom. The molecule has 108 valence electrons. The van der Waals surface area contributed by atoms with Crippen molar-refractivity contribution >= 4 is 0 Å². The van der Waals surface area contributed by atoms with Crippen LogP contribution in [0.2, 0.25) is 0 Å². The Morgan fingerprint density at radius 2 is 1.95 bits per heavy atom. The number of nitrogens with two attached hydrogens (primary N) is 1. The Hall–Kier alpha value is -2.01. The summed E-state index contributed by atoms with van der Waals surface area (Å²) in [6, 6.07) is 8.09. The second-order valence-electron chi connectivity index (χ2n) is 4.76. The van der Waals surface area contributed by atoms with Crippen LogP contribution in [-0.2, 0) is 6.54 Å². The summed E-state index contributed by atoms with van der Waals surface area (Å²) in [5, 5.41) is 4.21. The molecule has 2 N–H and O–H groups in total. The van der Waals surface area contributed by atoms with Crippen molar-refractivity contribution in [3.8, 4) is 11.5 Å². The minimum atomic E-state index is 0.333. The fraction of sp³-hybridized carbons (Fsp3) is 0.400. The second kappa shape index (κ2) is 6.96. The highest BCUT2D eigenvalue weighted by atomic mass is 16.5. The molecule has 0 unspecified atom stereocenters. The van der Waals surface area contributed by atoms with Gasteiger partial charge in [-0.1, -0.05) is 18.2 Å². The van der Waals surface area contributed by atoms with E-state index in [1.807, 2.05) is 35.1 Å². The normalized spacial score (nSPS) is 10.8. The van der Waals surface area contributed by atoms with E-state index in [-0.39, 0.29) is 0 Å². The van der Waals surface area contributed by atoms with Crippen molar-refractivity contribution in [2.75, 3.05) is 13.2 Å².